The molecule has 0 bridgehead atoms. The molecule has 0 saturated heterocycles. The summed E-state index contributed by atoms with van der Waals surface area (Å²) >= 11 is 9.98. The van der Waals surface area contributed by atoms with Crippen LogP contribution in [-0.2, 0) is 4.74 Å². The molecule has 1 aromatic rings. The SMILES string of the molecule is C=C(C)COC(=O)c1c(Br)cc(Br)cc1Br. The Hall–Kier alpha value is -0.130. The van der Waals surface area contributed by atoms with E-state index in [1.54, 1.807) is 19.1 Å². The van der Waals surface area contributed by atoms with Crippen LogP contribution in [0.1, 0.15) is 17.3 Å². The zero-order chi connectivity index (χ0) is 12.3. The Labute approximate surface area is 119 Å². The standard InChI is InChI=1S/C11H9Br3O2/c1-6(2)5-16-11(15)10-8(13)3-7(12)4-9(10)14/h3-4H,1,5H2,2H3. The average Bonchev–Trinajstić information content (AvgIpc) is 2.12. The Balaban J connectivity index is 2.95. The molecule has 0 saturated carbocycles. The highest BCUT2D eigenvalue weighted by molar-refractivity contribution is 9.11. The molecule has 0 N–H and O–H groups in total. The highest BCUT2D eigenvalue weighted by Crippen LogP contribution is 2.30. The molecule has 0 radical (unpaired) electrons. The van der Waals surface area contributed by atoms with Crippen LogP contribution < -0.4 is 0 Å². The second kappa shape index (κ2) is 5.98. The number of ether oxygens (including phenoxy) is 1. The summed E-state index contributed by atoms with van der Waals surface area (Å²) in [6, 6.07) is 3.59. The van der Waals surface area contributed by atoms with Crippen molar-refractivity contribution in [3.63, 3.8) is 0 Å². The zero-order valence-electron chi connectivity index (χ0n) is 8.52. The molecule has 0 fully saturated rings. The van der Waals surface area contributed by atoms with E-state index in [0.29, 0.717) is 14.5 Å². The number of carbonyl (C=O) groups is 1. The van der Waals surface area contributed by atoms with Gasteiger partial charge in [-0.15, -0.1) is 0 Å². The van der Waals surface area contributed by atoms with Crippen LogP contribution in [0.25, 0.3) is 0 Å². The van der Waals surface area contributed by atoms with Crippen LogP contribution >= 0.6 is 47.8 Å². The molecule has 0 atom stereocenters. The second-order valence-electron chi connectivity index (χ2n) is 3.28. The Kier molecular flexibility index (Phi) is 5.21. The van der Waals surface area contributed by atoms with E-state index >= 15 is 0 Å². The lowest BCUT2D eigenvalue weighted by molar-refractivity contribution is 0.0538. The van der Waals surface area contributed by atoms with E-state index in [2.05, 4.69) is 54.4 Å². The summed E-state index contributed by atoms with van der Waals surface area (Å²) in [7, 11) is 0. The highest BCUT2D eigenvalue weighted by atomic mass is 79.9. The first-order chi connectivity index (χ1) is 7.41. The number of hydrogen-bond donors (Lipinski definition) is 0. The van der Waals surface area contributed by atoms with Crippen LogP contribution in [0.2, 0.25) is 0 Å². The van der Waals surface area contributed by atoms with Crippen LogP contribution in [0, 0.1) is 0 Å². The Morgan fingerprint density at radius 3 is 2.25 bits per heavy atom. The molecule has 0 aliphatic heterocycles. The minimum atomic E-state index is -0.380. The molecule has 0 aliphatic carbocycles. The molecule has 0 spiro atoms. The van der Waals surface area contributed by atoms with Crippen LogP contribution in [0.15, 0.2) is 37.7 Å². The van der Waals surface area contributed by atoms with Crippen molar-refractivity contribution < 1.29 is 9.53 Å². The van der Waals surface area contributed by atoms with Gasteiger partial charge in [-0.1, -0.05) is 22.5 Å². The quantitative estimate of drug-likeness (QED) is 0.531. The van der Waals surface area contributed by atoms with Gasteiger partial charge >= 0.3 is 5.97 Å². The third kappa shape index (κ3) is 3.71. The smallest absolute Gasteiger partial charge is 0.340 e. The summed E-state index contributed by atoms with van der Waals surface area (Å²) in [4.78, 5) is 11.8. The number of benzene rings is 1. The van der Waals surface area contributed by atoms with Crippen molar-refractivity contribution in [1.82, 2.24) is 0 Å². The van der Waals surface area contributed by atoms with Crippen LogP contribution in [0.3, 0.4) is 0 Å². The van der Waals surface area contributed by atoms with E-state index in [1.165, 1.54) is 0 Å². The van der Waals surface area contributed by atoms with E-state index in [0.717, 1.165) is 10.0 Å². The third-order valence-corrected chi connectivity index (χ3v) is 3.37. The van der Waals surface area contributed by atoms with Gasteiger partial charge in [0.05, 0.1) is 5.56 Å². The predicted octanol–water partition coefficient (Wildman–Crippen LogP) is 4.71. The summed E-state index contributed by atoms with van der Waals surface area (Å²) < 4.78 is 7.32. The minimum Gasteiger partial charge on any atom is -0.458 e. The monoisotopic (exact) mass is 410 g/mol. The van der Waals surface area contributed by atoms with Gasteiger partial charge in [-0.3, -0.25) is 0 Å². The maximum absolute atomic E-state index is 11.8. The minimum absolute atomic E-state index is 0.230. The summed E-state index contributed by atoms with van der Waals surface area (Å²) in [6.45, 7) is 5.71. The normalized spacial score (nSPS) is 10.0. The molecule has 0 aliphatic rings. The van der Waals surface area contributed by atoms with Gasteiger partial charge in [0.25, 0.3) is 0 Å². The lowest BCUT2D eigenvalue weighted by Gasteiger charge is -2.08. The molecule has 0 amide bonds. The average molecular weight is 413 g/mol. The van der Waals surface area contributed by atoms with Crippen molar-refractivity contribution >= 4 is 53.8 Å². The Morgan fingerprint density at radius 2 is 1.81 bits per heavy atom. The largest absolute Gasteiger partial charge is 0.458 e. The predicted molar refractivity (Wildman–Crippen MR) is 74.6 cm³/mol. The molecule has 0 aromatic heterocycles. The summed E-state index contributed by atoms with van der Waals surface area (Å²) in [6.07, 6.45) is 0. The van der Waals surface area contributed by atoms with Crippen molar-refractivity contribution in [1.29, 1.82) is 0 Å². The van der Waals surface area contributed by atoms with Gasteiger partial charge < -0.3 is 4.74 Å². The Bertz CT molecular complexity index is 418. The van der Waals surface area contributed by atoms with Gasteiger partial charge in [0.15, 0.2) is 0 Å². The van der Waals surface area contributed by atoms with Crippen LogP contribution in [0.5, 0.6) is 0 Å². The highest BCUT2D eigenvalue weighted by Gasteiger charge is 2.16. The molecule has 1 rings (SSSR count). The number of halogens is 3. The maximum atomic E-state index is 11.8. The lowest BCUT2D eigenvalue weighted by atomic mass is 10.2. The Morgan fingerprint density at radius 1 is 1.31 bits per heavy atom. The van der Waals surface area contributed by atoms with Crippen LogP contribution in [-0.4, -0.2) is 12.6 Å². The van der Waals surface area contributed by atoms with Gasteiger partial charge in [0.2, 0.25) is 0 Å². The fraction of sp³-hybridized carbons (Fsp3) is 0.182. The molecule has 1 aromatic carbocycles. The number of hydrogen-bond acceptors (Lipinski definition) is 2. The van der Waals surface area contributed by atoms with Gasteiger partial charge in [0, 0.05) is 13.4 Å². The maximum Gasteiger partial charge on any atom is 0.340 e. The molecule has 2 nitrogen and oxygen atoms in total. The summed E-state index contributed by atoms with van der Waals surface area (Å²) in [5, 5.41) is 0. The molecular formula is C11H9Br3O2. The molecule has 0 heterocycles. The van der Waals surface area contributed by atoms with Gasteiger partial charge in [-0.05, 0) is 56.5 Å². The molecule has 0 unspecified atom stereocenters. The molecule has 86 valence electrons. The van der Waals surface area contributed by atoms with Crippen molar-refractivity contribution in [2.75, 3.05) is 6.61 Å². The first-order valence-corrected chi connectivity index (χ1v) is 6.75. The van der Waals surface area contributed by atoms with Gasteiger partial charge in [0.1, 0.15) is 6.61 Å². The van der Waals surface area contributed by atoms with E-state index in [1.807, 2.05) is 0 Å². The molecule has 16 heavy (non-hydrogen) atoms. The van der Waals surface area contributed by atoms with Crippen molar-refractivity contribution in [3.8, 4) is 0 Å². The lowest BCUT2D eigenvalue weighted by Crippen LogP contribution is -2.08. The fourth-order valence-corrected chi connectivity index (χ4v) is 3.58. The number of rotatable bonds is 3. The summed E-state index contributed by atoms with van der Waals surface area (Å²) in [5.74, 6) is -0.380. The second-order valence-corrected chi connectivity index (χ2v) is 5.90. The number of carbonyl (C=O) groups excluding carboxylic acids is 1. The topological polar surface area (TPSA) is 26.3 Å². The van der Waals surface area contributed by atoms with E-state index < -0.39 is 0 Å². The number of esters is 1. The first-order valence-electron chi connectivity index (χ1n) is 4.38. The van der Waals surface area contributed by atoms with Crippen molar-refractivity contribution in [2.24, 2.45) is 0 Å². The van der Waals surface area contributed by atoms with Crippen LogP contribution in [0.4, 0.5) is 0 Å². The first kappa shape index (κ1) is 13.9. The van der Waals surface area contributed by atoms with E-state index in [4.69, 9.17) is 4.74 Å². The van der Waals surface area contributed by atoms with E-state index in [-0.39, 0.29) is 12.6 Å². The molecular weight excluding hydrogens is 404 g/mol. The third-order valence-electron chi connectivity index (χ3n) is 1.66. The van der Waals surface area contributed by atoms with Crippen molar-refractivity contribution in [3.05, 3.63) is 43.3 Å². The van der Waals surface area contributed by atoms with E-state index in [9.17, 15) is 4.79 Å². The van der Waals surface area contributed by atoms with Gasteiger partial charge in [-0.25, -0.2) is 4.79 Å². The molecule has 5 heteroatoms. The zero-order valence-corrected chi connectivity index (χ0v) is 13.3. The fourth-order valence-electron chi connectivity index (χ4n) is 0.998. The summed E-state index contributed by atoms with van der Waals surface area (Å²) in [5.41, 5.74) is 1.28. The van der Waals surface area contributed by atoms with Gasteiger partial charge in [-0.2, -0.15) is 0 Å². The van der Waals surface area contributed by atoms with Crippen molar-refractivity contribution in [2.45, 2.75) is 6.92 Å².